The van der Waals surface area contributed by atoms with Crippen LogP contribution in [0.2, 0.25) is 0 Å². The molecular weight excluding hydrogens is 374 g/mol. The molecule has 0 bridgehead atoms. The summed E-state index contributed by atoms with van der Waals surface area (Å²) in [5.74, 6) is 0. The van der Waals surface area contributed by atoms with E-state index in [2.05, 4.69) is 76.4 Å². The average molecular weight is 394 g/mol. The fraction of sp³-hybridized carbons (Fsp3) is 0.0400. The van der Waals surface area contributed by atoms with Crippen LogP contribution in [0.5, 0.6) is 0 Å². The molecule has 2 aromatic carbocycles. The fourth-order valence-electron chi connectivity index (χ4n) is 3.57. The third kappa shape index (κ3) is 3.32. The Morgan fingerprint density at radius 2 is 1.48 bits per heavy atom. The maximum atomic E-state index is 4.95. The molecule has 3 aromatic heterocycles. The number of hydrogen-bond acceptors (Lipinski definition) is 3. The third-order valence-corrected chi connectivity index (χ3v) is 5.77. The smallest absolute Gasteiger partial charge is 0.137 e. The van der Waals surface area contributed by atoms with Gasteiger partial charge in [-0.1, -0.05) is 42.5 Å². The summed E-state index contributed by atoms with van der Waals surface area (Å²) in [5, 5.41) is 0. The highest BCUT2D eigenvalue weighted by atomic mass is 32.2. The van der Waals surface area contributed by atoms with Gasteiger partial charge in [-0.2, -0.15) is 0 Å². The molecule has 0 amide bonds. The van der Waals surface area contributed by atoms with Crippen LogP contribution in [-0.4, -0.2) is 20.6 Å². The van der Waals surface area contributed by atoms with Crippen molar-refractivity contribution in [2.24, 2.45) is 0 Å². The summed E-state index contributed by atoms with van der Waals surface area (Å²) in [7, 11) is 0. The summed E-state index contributed by atoms with van der Waals surface area (Å²) in [5.41, 5.74) is 7.45. The first-order valence-electron chi connectivity index (χ1n) is 9.46. The molecule has 0 unspecified atom stereocenters. The van der Waals surface area contributed by atoms with Gasteiger partial charge in [-0.15, -0.1) is 11.8 Å². The van der Waals surface area contributed by atoms with Crippen molar-refractivity contribution in [3.05, 3.63) is 97.5 Å². The number of pyridine rings is 2. The molecule has 0 atom stereocenters. The first-order chi connectivity index (χ1) is 14.3. The topological polar surface area (TPSA) is 30.2 Å². The van der Waals surface area contributed by atoms with Gasteiger partial charge in [-0.3, -0.25) is 9.38 Å². The highest BCUT2D eigenvalue weighted by Crippen LogP contribution is 2.34. The van der Waals surface area contributed by atoms with E-state index in [0.717, 1.165) is 33.7 Å². The van der Waals surface area contributed by atoms with Crippen LogP contribution in [0.25, 0.3) is 39.3 Å². The Bertz CT molecular complexity index is 1260. The van der Waals surface area contributed by atoms with E-state index in [0.29, 0.717) is 0 Å². The van der Waals surface area contributed by atoms with Crippen LogP contribution in [-0.2, 0) is 0 Å². The molecular formula is C25H19N3S. The van der Waals surface area contributed by atoms with Crippen LogP contribution < -0.4 is 0 Å². The zero-order valence-electron chi connectivity index (χ0n) is 16.0. The number of rotatable bonds is 4. The van der Waals surface area contributed by atoms with Crippen LogP contribution in [0.1, 0.15) is 0 Å². The monoisotopic (exact) mass is 393 g/mol. The molecule has 29 heavy (non-hydrogen) atoms. The molecule has 0 saturated heterocycles. The van der Waals surface area contributed by atoms with Gasteiger partial charge < -0.3 is 0 Å². The molecule has 3 nitrogen and oxygen atoms in total. The summed E-state index contributed by atoms with van der Waals surface area (Å²) in [6.45, 7) is 0. The fourth-order valence-corrected chi connectivity index (χ4v) is 3.98. The minimum Gasteiger partial charge on any atom is -0.298 e. The number of thioether (sulfide) groups is 1. The first-order valence-corrected chi connectivity index (χ1v) is 10.7. The van der Waals surface area contributed by atoms with Crippen molar-refractivity contribution in [1.82, 2.24) is 14.4 Å². The van der Waals surface area contributed by atoms with Gasteiger partial charge >= 0.3 is 0 Å². The van der Waals surface area contributed by atoms with Crippen molar-refractivity contribution in [2.45, 2.75) is 4.90 Å². The minimum absolute atomic E-state index is 0.923. The lowest BCUT2D eigenvalue weighted by atomic mass is 10.1. The average Bonchev–Trinajstić information content (AvgIpc) is 3.19. The van der Waals surface area contributed by atoms with Crippen LogP contribution in [0.3, 0.4) is 0 Å². The SMILES string of the molecule is CSc1ccc(-c2ccc3nc(-c4ccccc4)c(-c4cccnc4)n3c2)cc1. The normalized spacial score (nSPS) is 11.1. The first kappa shape index (κ1) is 17.7. The molecule has 140 valence electrons. The van der Waals surface area contributed by atoms with Gasteiger partial charge in [0, 0.05) is 34.6 Å². The Labute approximate surface area is 174 Å². The Hall–Kier alpha value is -3.37. The van der Waals surface area contributed by atoms with E-state index in [1.165, 1.54) is 10.5 Å². The molecule has 0 aliphatic heterocycles. The van der Waals surface area contributed by atoms with E-state index in [-0.39, 0.29) is 0 Å². The molecule has 0 aliphatic rings. The molecule has 3 heterocycles. The van der Waals surface area contributed by atoms with Gasteiger partial charge in [0.05, 0.1) is 11.4 Å². The second kappa shape index (κ2) is 7.57. The maximum Gasteiger partial charge on any atom is 0.137 e. The summed E-state index contributed by atoms with van der Waals surface area (Å²) in [4.78, 5) is 10.6. The summed E-state index contributed by atoms with van der Waals surface area (Å²) >= 11 is 1.75. The Morgan fingerprint density at radius 3 is 2.21 bits per heavy atom. The number of hydrogen-bond donors (Lipinski definition) is 0. The van der Waals surface area contributed by atoms with Gasteiger partial charge in [-0.25, -0.2) is 4.98 Å². The predicted molar refractivity (Wildman–Crippen MR) is 121 cm³/mol. The number of aromatic nitrogens is 3. The lowest BCUT2D eigenvalue weighted by molar-refractivity contribution is 1.18. The van der Waals surface area contributed by atoms with Crippen molar-refractivity contribution in [2.75, 3.05) is 6.26 Å². The number of nitrogens with zero attached hydrogens (tertiary/aromatic N) is 3. The Morgan fingerprint density at radius 1 is 0.724 bits per heavy atom. The van der Waals surface area contributed by atoms with Crippen LogP contribution >= 0.6 is 11.8 Å². The lowest BCUT2D eigenvalue weighted by Crippen LogP contribution is -1.91. The number of benzene rings is 2. The van der Waals surface area contributed by atoms with Crippen LogP contribution in [0, 0.1) is 0 Å². The quantitative estimate of drug-likeness (QED) is 0.329. The summed E-state index contributed by atoms with van der Waals surface area (Å²) in [6.07, 6.45) is 7.96. The zero-order valence-corrected chi connectivity index (χ0v) is 16.8. The largest absolute Gasteiger partial charge is 0.298 e. The highest BCUT2D eigenvalue weighted by Gasteiger charge is 2.16. The molecule has 5 rings (SSSR count). The Balaban J connectivity index is 1.74. The van der Waals surface area contributed by atoms with Gasteiger partial charge in [0.25, 0.3) is 0 Å². The van der Waals surface area contributed by atoms with E-state index in [4.69, 9.17) is 4.98 Å². The van der Waals surface area contributed by atoms with Crippen LogP contribution in [0.15, 0.2) is 102 Å². The van der Waals surface area contributed by atoms with Crippen molar-refractivity contribution >= 4 is 17.4 Å². The molecule has 4 heteroatoms. The molecule has 0 radical (unpaired) electrons. The maximum absolute atomic E-state index is 4.95. The van der Waals surface area contributed by atoms with Crippen molar-refractivity contribution in [3.8, 4) is 33.6 Å². The van der Waals surface area contributed by atoms with Gasteiger partial charge in [0.15, 0.2) is 0 Å². The summed E-state index contributed by atoms with van der Waals surface area (Å²) < 4.78 is 2.18. The van der Waals surface area contributed by atoms with E-state index in [1.807, 2.05) is 30.5 Å². The van der Waals surface area contributed by atoms with Crippen molar-refractivity contribution < 1.29 is 0 Å². The van der Waals surface area contributed by atoms with E-state index < -0.39 is 0 Å². The van der Waals surface area contributed by atoms with Gasteiger partial charge in [0.2, 0.25) is 0 Å². The van der Waals surface area contributed by atoms with Crippen molar-refractivity contribution in [1.29, 1.82) is 0 Å². The van der Waals surface area contributed by atoms with Gasteiger partial charge in [-0.05, 0) is 53.8 Å². The van der Waals surface area contributed by atoms with E-state index >= 15 is 0 Å². The summed E-state index contributed by atoms with van der Waals surface area (Å²) in [6, 6.07) is 27.3. The second-order valence-electron chi connectivity index (χ2n) is 6.79. The van der Waals surface area contributed by atoms with Crippen molar-refractivity contribution in [3.63, 3.8) is 0 Å². The zero-order chi connectivity index (χ0) is 19.6. The third-order valence-electron chi connectivity index (χ3n) is 5.02. The van der Waals surface area contributed by atoms with E-state index in [9.17, 15) is 0 Å². The lowest BCUT2D eigenvalue weighted by Gasteiger charge is -2.08. The molecule has 0 spiro atoms. The number of fused-ring (bicyclic) bond motifs is 1. The molecule has 0 saturated carbocycles. The highest BCUT2D eigenvalue weighted by molar-refractivity contribution is 7.98. The molecule has 0 fully saturated rings. The Kier molecular flexibility index (Phi) is 4.62. The van der Waals surface area contributed by atoms with Crippen LogP contribution in [0.4, 0.5) is 0 Å². The predicted octanol–water partition coefficient (Wildman–Crippen LogP) is 6.45. The standard InChI is InChI=1S/C25H19N3S/c1-29-22-12-9-18(10-13-22)21-11-14-23-27-24(19-6-3-2-4-7-19)25(28(23)17-21)20-8-5-15-26-16-20/h2-17H,1H3. The van der Waals surface area contributed by atoms with E-state index in [1.54, 1.807) is 18.0 Å². The second-order valence-corrected chi connectivity index (χ2v) is 7.67. The minimum atomic E-state index is 0.923. The molecule has 0 N–H and O–H groups in total. The number of imidazole rings is 1. The van der Waals surface area contributed by atoms with Gasteiger partial charge in [0.1, 0.15) is 5.65 Å². The molecule has 5 aromatic rings. The molecule has 0 aliphatic carbocycles.